The van der Waals surface area contributed by atoms with E-state index in [1.165, 1.54) is 17.0 Å². The van der Waals surface area contributed by atoms with Crippen LogP contribution in [0.3, 0.4) is 0 Å². The number of nitrogens with two attached hydrogens (primary N) is 1. The van der Waals surface area contributed by atoms with Crippen LogP contribution in [0.5, 0.6) is 5.75 Å². The van der Waals surface area contributed by atoms with Crippen LogP contribution in [0.25, 0.3) is 0 Å². The number of ether oxygens (including phenoxy) is 1. The number of sulfonamides is 1. The van der Waals surface area contributed by atoms with Crippen LogP contribution >= 0.6 is 0 Å². The largest absolute Gasteiger partial charge is 0.481 e. The Bertz CT molecular complexity index is 1110. The average molecular weight is 430 g/mol. The highest BCUT2D eigenvalue weighted by Gasteiger charge is 2.56. The van der Waals surface area contributed by atoms with E-state index in [9.17, 15) is 23.1 Å². The Kier molecular flexibility index (Phi) is 4.82. The number of hydrogen-bond acceptors (Lipinski definition) is 5. The standard InChI is InChI=1S/C21H22N2O6S/c1-21-12-16(15-4-2-3-5-17(15)29-21)18(20(25)26)19(24)23(21)11-10-13-6-8-14(9-7-13)30(22,27)28/h2-9,16,18H,10-12H2,1H3,(H,25,26)(H2,22,27,28). The Balaban J connectivity index is 1.62. The zero-order valence-corrected chi connectivity index (χ0v) is 17.1. The van der Waals surface area contributed by atoms with Crippen LogP contribution in [-0.2, 0) is 26.0 Å². The third kappa shape index (κ3) is 3.44. The van der Waals surface area contributed by atoms with Gasteiger partial charge in [-0.3, -0.25) is 9.59 Å². The number of carbonyl (C=O) groups is 2. The van der Waals surface area contributed by atoms with Gasteiger partial charge in [-0.2, -0.15) is 0 Å². The van der Waals surface area contributed by atoms with Gasteiger partial charge in [0.25, 0.3) is 0 Å². The van der Waals surface area contributed by atoms with Crippen molar-refractivity contribution in [3.8, 4) is 5.75 Å². The first kappa shape index (κ1) is 20.4. The number of carboxylic acids is 1. The van der Waals surface area contributed by atoms with Gasteiger partial charge in [0.1, 0.15) is 11.7 Å². The summed E-state index contributed by atoms with van der Waals surface area (Å²) in [7, 11) is -3.78. The van der Waals surface area contributed by atoms with Crippen molar-refractivity contribution in [2.24, 2.45) is 11.1 Å². The number of benzene rings is 2. The molecule has 2 aliphatic heterocycles. The molecule has 3 unspecified atom stereocenters. The molecule has 9 heteroatoms. The molecule has 1 amide bonds. The van der Waals surface area contributed by atoms with Gasteiger partial charge in [-0.15, -0.1) is 0 Å². The van der Waals surface area contributed by atoms with Gasteiger partial charge >= 0.3 is 5.97 Å². The molecule has 3 atom stereocenters. The number of carbonyl (C=O) groups excluding carboxylic acids is 1. The highest BCUT2D eigenvalue weighted by molar-refractivity contribution is 7.89. The molecule has 0 aliphatic carbocycles. The van der Waals surface area contributed by atoms with E-state index in [-0.39, 0.29) is 11.4 Å². The molecule has 1 fully saturated rings. The number of para-hydroxylation sites is 1. The van der Waals surface area contributed by atoms with E-state index >= 15 is 0 Å². The molecule has 3 N–H and O–H groups in total. The second kappa shape index (κ2) is 7.10. The summed E-state index contributed by atoms with van der Waals surface area (Å²) in [5.41, 5.74) is 0.584. The summed E-state index contributed by atoms with van der Waals surface area (Å²) in [6.45, 7) is 2.04. The molecule has 2 aromatic carbocycles. The fourth-order valence-corrected chi connectivity index (χ4v) is 4.94. The topological polar surface area (TPSA) is 127 Å². The van der Waals surface area contributed by atoms with Gasteiger partial charge in [0, 0.05) is 18.9 Å². The minimum atomic E-state index is -3.78. The van der Waals surface area contributed by atoms with Gasteiger partial charge in [0.2, 0.25) is 15.9 Å². The molecule has 158 valence electrons. The van der Waals surface area contributed by atoms with Crippen LogP contribution in [-0.4, -0.2) is 42.6 Å². The molecule has 4 rings (SSSR count). The maximum Gasteiger partial charge on any atom is 0.316 e. The summed E-state index contributed by atoms with van der Waals surface area (Å²) < 4.78 is 29.0. The smallest absolute Gasteiger partial charge is 0.316 e. The maximum absolute atomic E-state index is 13.2. The van der Waals surface area contributed by atoms with Crippen molar-refractivity contribution in [3.05, 3.63) is 59.7 Å². The third-order valence-corrected chi connectivity index (χ3v) is 6.82. The molecule has 2 bridgehead atoms. The second-order valence-corrected chi connectivity index (χ2v) is 9.43. The molecular formula is C21H22N2O6S. The third-order valence-electron chi connectivity index (χ3n) is 5.89. The monoisotopic (exact) mass is 430 g/mol. The van der Waals surface area contributed by atoms with Crippen molar-refractivity contribution in [3.63, 3.8) is 0 Å². The summed E-state index contributed by atoms with van der Waals surface area (Å²) in [6, 6.07) is 13.3. The van der Waals surface area contributed by atoms with Crippen LogP contribution in [0, 0.1) is 5.92 Å². The molecule has 2 heterocycles. The van der Waals surface area contributed by atoms with Gasteiger partial charge in [-0.05, 0) is 42.7 Å². The van der Waals surface area contributed by atoms with Crippen molar-refractivity contribution in [1.82, 2.24) is 4.90 Å². The zero-order valence-electron chi connectivity index (χ0n) is 16.3. The zero-order chi connectivity index (χ0) is 21.7. The molecule has 0 saturated carbocycles. The predicted octanol–water partition coefficient (Wildman–Crippen LogP) is 1.70. The first-order valence-corrected chi connectivity index (χ1v) is 11.1. The molecule has 8 nitrogen and oxygen atoms in total. The van der Waals surface area contributed by atoms with E-state index in [1.807, 2.05) is 18.2 Å². The Morgan fingerprint density at radius 2 is 1.90 bits per heavy atom. The summed E-state index contributed by atoms with van der Waals surface area (Å²) in [5, 5.41) is 14.9. The number of carboxylic acid groups (broad SMARTS) is 1. The highest BCUT2D eigenvalue weighted by Crippen LogP contribution is 2.50. The van der Waals surface area contributed by atoms with E-state index in [1.54, 1.807) is 25.1 Å². The summed E-state index contributed by atoms with van der Waals surface area (Å²) in [6.07, 6.45) is 0.797. The summed E-state index contributed by atoms with van der Waals surface area (Å²) in [5.74, 6) is -2.65. The maximum atomic E-state index is 13.2. The van der Waals surface area contributed by atoms with E-state index in [0.29, 0.717) is 18.6 Å². The number of amides is 1. The predicted molar refractivity (Wildman–Crippen MR) is 107 cm³/mol. The van der Waals surface area contributed by atoms with Crippen LogP contribution in [0.4, 0.5) is 0 Å². The van der Waals surface area contributed by atoms with Crippen LogP contribution in [0.15, 0.2) is 53.4 Å². The van der Waals surface area contributed by atoms with Crippen LogP contribution in [0.1, 0.15) is 30.4 Å². The number of piperidine rings is 1. The van der Waals surface area contributed by atoms with Crippen LogP contribution in [0.2, 0.25) is 0 Å². The number of likely N-dealkylation sites (tertiary alicyclic amines) is 1. The van der Waals surface area contributed by atoms with Crippen molar-refractivity contribution < 1.29 is 27.9 Å². The fraction of sp³-hybridized carbons (Fsp3) is 0.333. The van der Waals surface area contributed by atoms with E-state index in [4.69, 9.17) is 9.88 Å². The SMILES string of the molecule is CC12CC(c3ccccc3O1)C(C(=O)O)C(=O)N2CCc1ccc(S(N)(=O)=O)cc1. The fourth-order valence-electron chi connectivity index (χ4n) is 4.42. The lowest BCUT2D eigenvalue weighted by Crippen LogP contribution is -2.64. The second-order valence-electron chi connectivity index (χ2n) is 7.87. The molecule has 30 heavy (non-hydrogen) atoms. The normalized spacial score (nSPS) is 25.4. The highest BCUT2D eigenvalue weighted by atomic mass is 32.2. The van der Waals surface area contributed by atoms with Gasteiger partial charge in [-0.25, -0.2) is 13.6 Å². The molecule has 0 spiro atoms. The van der Waals surface area contributed by atoms with Crippen molar-refractivity contribution in [2.45, 2.75) is 36.3 Å². The minimum Gasteiger partial charge on any atom is -0.481 e. The first-order valence-electron chi connectivity index (χ1n) is 9.54. The van der Waals surface area contributed by atoms with Gasteiger partial charge in [-0.1, -0.05) is 30.3 Å². The number of hydrogen-bond donors (Lipinski definition) is 2. The molecule has 2 aromatic rings. The lowest BCUT2D eigenvalue weighted by Gasteiger charge is -2.52. The molecule has 0 aromatic heterocycles. The lowest BCUT2D eigenvalue weighted by atomic mass is 9.73. The molecule has 0 radical (unpaired) electrons. The molecule has 1 saturated heterocycles. The number of nitrogens with zero attached hydrogens (tertiary/aromatic N) is 1. The number of rotatable bonds is 5. The Morgan fingerprint density at radius 3 is 2.53 bits per heavy atom. The number of fused-ring (bicyclic) bond motifs is 4. The summed E-state index contributed by atoms with van der Waals surface area (Å²) in [4.78, 5) is 26.6. The average Bonchev–Trinajstić information content (AvgIpc) is 2.67. The van der Waals surface area contributed by atoms with Crippen LogP contribution < -0.4 is 9.88 Å². The van der Waals surface area contributed by atoms with E-state index < -0.39 is 39.5 Å². The number of aliphatic carboxylic acids is 1. The summed E-state index contributed by atoms with van der Waals surface area (Å²) >= 11 is 0. The van der Waals surface area contributed by atoms with Crippen molar-refractivity contribution in [2.75, 3.05) is 6.54 Å². The Hall–Kier alpha value is -2.91. The number of primary sulfonamides is 1. The van der Waals surface area contributed by atoms with Gasteiger partial charge < -0.3 is 14.7 Å². The minimum absolute atomic E-state index is 0.00765. The van der Waals surface area contributed by atoms with Gasteiger partial charge in [0.15, 0.2) is 5.72 Å². The van der Waals surface area contributed by atoms with Gasteiger partial charge in [0.05, 0.1) is 4.90 Å². The first-order chi connectivity index (χ1) is 14.1. The molecular weight excluding hydrogens is 408 g/mol. The van der Waals surface area contributed by atoms with Crippen molar-refractivity contribution >= 4 is 21.9 Å². The van der Waals surface area contributed by atoms with E-state index in [0.717, 1.165) is 11.1 Å². The van der Waals surface area contributed by atoms with E-state index in [2.05, 4.69) is 0 Å². The Labute approximate surface area is 174 Å². The molecule has 2 aliphatic rings. The Morgan fingerprint density at radius 1 is 1.23 bits per heavy atom. The quantitative estimate of drug-likeness (QED) is 0.695. The lowest BCUT2D eigenvalue weighted by molar-refractivity contribution is -0.180. The van der Waals surface area contributed by atoms with Crippen molar-refractivity contribution in [1.29, 1.82) is 0 Å².